The molecule has 7 heteroatoms. The number of fused-ring (bicyclic) bond motifs is 2. The van der Waals surface area contributed by atoms with E-state index in [1.807, 2.05) is 48.7 Å². The van der Waals surface area contributed by atoms with Crippen LogP contribution >= 0.6 is 0 Å². The second-order valence-electron chi connectivity index (χ2n) is 8.02. The summed E-state index contributed by atoms with van der Waals surface area (Å²) in [4.78, 5) is 37.6. The van der Waals surface area contributed by atoms with Gasteiger partial charge in [-0.2, -0.15) is 0 Å². The first-order valence-electron chi connectivity index (χ1n) is 10.7. The van der Waals surface area contributed by atoms with E-state index in [1.165, 1.54) is 5.56 Å². The van der Waals surface area contributed by atoms with Gasteiger partial charge in [0.25, 0.3) is 5.91 Å². The smallest absolute Gasteiger partial charge is 0.254 e. The molecule has 2 heterocycles. The molecule has 4 aromatic rings. The van der Waals surface area contributed by atoms with E-state index in [2.05, 4.69) is 32.7 Å². The van der Waals surface area contributed by atoms with Crippen molar-refractivity contribution in [3.8, 4) is 0 Å². The van der Waals surface area contributed by atoms with Crippen molar-refractivity contribution in [3.63, 3.8) is 0 Å². The number of hydrogen-bond donors (Lipinski definition) is 3. The number of nitrogens with zero attached hydrogens (tertiary/aromatic N) is 1. The summed E-state index contributed by atoms with van der Waals surface area (Å²) in [7, 11) is 0. The number of amides is 3. The number of carbonyl (C=O) groups is 3. The van der Waals surface area contributed by atoms with E-state index >= 15 is 0 Å². The molecule has 3 N–H and O–H groups in total. The van der Waals surface area contributed by atoms with E-state index in [1.54, 1.807) is 24.3 Å². The monoisotopic (exact) mass is 438 g/mol. The minimum absolute atomic E-state index is 0.168. The lowest BCUT2D eigenvalue weighted by molar-refractivity contribution is -0.122. The quantitative estimate of drug-likeness (QED) is 0.443. The summed E-state index contributed by atoms with van der Waals surface area (Å²) < 4.78 is 2.15. The molecule has 33 heavy (non-hydrogen) atoms. The second-order valence-corrected chi connectivity index (χ2v) is 8.02. The lowest BCUT2D eigenvalue weighted by atomic mass is 10.1. The van der Waals surface area contributed by atoms with Crippen molar-refractivity contribution in [3.05, 3.63) is 96.2 Å². The van der Waals surface area contributed by atoms with E-state index < -0.39 is 11.9 Å². The molecule has 1 atom stereocenters. The molecule has 3 aromatic carbocycles. The Kier molecular flexibility index (Phi) is 5.36. The summed E-state index contributed by atoms with van der Waals surface area (Å²) in [6.07, 6.45) is 1.85. The minimum atomic E-state index is -0.958. The molecular weight excluding hydrogens is 416 g/mol. The Morgan fingerprint density at radius 3 is 2.58 bits per heavy atom. The third-order valence-electron chi connectivity index (χ3n) is 5.69. The predicted octanol–water partition coefficient (Wildman–Crippen LogP) is 3.77. The van der Waals surface area contributed by atoms with Gasteiger partial charge in [-0.15, -0.1) is 0 Å². The van der Waals surface area contributed by atoms with Crippen molar-refractivity contribution in [2.24, 2.45) is 0 Å². The summed E-state index contributed by atoms with van der Waals surface area (Å²) in [5, 5.41) is 9.19. The highest BCUT2D eigenvalue weighted by molar-refractivity contribution is 6.11. The average molecular weight is 438 g/mol. The predicted molar refractivity (Wildman–Crippen MR) is 127 cm³/mol. The van der Waals surface area contributed by atoms with E-state index in [9.17, 15) is 14.4 Å². The molecule has 0 saturated heterocycles. The van der Waals surface area contributed by atoms with Gasteiger partial charge in [0.15, 0.2) is 0 Å². The molecule has 1 aliphatic heterocycles. The van der Waals surface area contributed by atoms with E-state index in [0.29, 0.717) is 16.9 Å². The standard InChI is InChI=1S/C26H22N4O3/c31-24(15-22-26(33)28-21-9-5-4-8-20(21)25(32)29-22)27-19-10-11-23-18(14-19)12-13-30(23)16-17-6-2-1-3-7-17/h1-14,22H,15-16H2,(H,27,31)(H,28,33)(H,29,32)/t22-/m0/s1. The van der Waals surface area contributed by atoms with Crippen LogP contribution in [-0.2, 0) is 16.1 Å². The summed E-state index contributed by atoms with van der Waals surface area (Å²) in [5.41, 5.74) is 3.71. The van der Waals surface area contributed by atoms with Gasteiger partial charge in [0.05, 0.1) is 17.7 Å². The Morgan fingerprint density at radius 1 is 0.939 bits per heavy atom. The molecular formula is C26H22N4O3. The van der Waals surface area contributed by atoms with Crippen molar-refractivity contribution in [2.45, 2.75) is 19.0 Å². The summed E-state index contributed by atoms with van der Waals surface area (Å²) >= 11 is 0. The van der Waals surface area contributed by atoms with Crippen LogP contribution < -0.4 is 16.0 Å². The maximum absolute atomic E-state index is 12.7. The largest absolute Gasteiger partial charge is 0.343 e. The molecule has 164 valence electrons. The van der Waals surface area contributed by atoms with Gasteiger partial charge < -0.3 is 20.5 Å². The van der Waals surface area contributed by atoms with Crippen molar-refractivity contribution < 1.29 is 14.4 Å². The number of para-hydroxylation sites is 1. The molecule has 0 saturated carbocycles. The molecule has 0 fully saturated rings. The molecule has 3 amide bonds. The first-order valence-corrected chi connectivity index (χ1v) is 10.7. The van der Waals surface area contributed by atoms with Crippen LogP contribution in [0.4, 0.5) is 11.4 Å². The van der Waals surface area contributed by atoms with Crippen LogP contribution in [-0.4, -0.2) is 28.3 Å². The molecule has 0 unspecified atom stereocenters. The van der Waals surface area contributed by atoms with Crippen LogP contribution in [0.15, 0.2) is 85.1 Å². The highest BCUT2D eigenvalue weighted by Gasteiger charge is 2.29. The molecule has 0 bridgehead atoms. The number of aromatic nitrogens is 1. The van der Waals surface area contributed by atoms with Crippen LogP contribution in [0.5, 0.6) is 0 Å². The summed E-state index contributed by atoms with van der Waals surface area (Å²) in [5.74, 6) is -1.16. The summed E-state index contributed by atoms with van der Waals surface area (Å²) in [6.45, 7) is 0.759. The maximum Gasteiger partial charge on any atom is 0.254 e. The van der Waals surface area contributed by atoms with E-state index in [4.69, 9.17) is 0 Å². The van der Waals surface area contributed by atoms with Gasteiger partial charge in [0, 0.05) is 29.3 Å². The zero-order valence-corrected chi connectivity index (χ0v) is 17.7. The Balaban J connectivity index is 1.27. The van der Waals surface area contributed by atoms with Gasteiger partial charge in [0.2, 0.25) is 11.8 Å². The fourth-order valence-corrected chi connectivity index (χ4v) is 4.05. The second kappa shape index (κ2) is 8.63. The minimum Gasteiger partial charge on any atom is -0.343 e. The molecule has 0 spiro atoms. The van der Waals surface area contributed by atoms with Gasteiger partial charge >= 0.3 is 0 Å². The Bertz CT molecular complexity index is 1360. The number of nitrogens with one attached hydrogen (secondary N) is 3. The topological polar surface area (TPSA) is 92.2 Å². The zero-order chi connectivity index (χ0) is 22.8. The van der Waals surface area contributed by atoms with Gasteiger partial charge in [-0.1, -0.05) is 42.5 Å². The number of hydrogen-bond acceptors (Lipinski definition) is 3. The number of anilines is 2. The molecule has 1 aromatic heterocycles. The first kappa shape index (κ1) is 20.5. The Labute approximate surface area is 190 Å². The third-order valence-corrected chi connectivity index (χ3v) is 5.69. The highest BCUT2D eigenvalue weighted by Crippen LogP contribution is 2.23. The van der Waals surface area contributed by atoms with Crippen LogP contribution in [0.3, 0.4) is 0 Å². The lowest BCUT2D eigenvalue weighted by Crippen LogP contribution is -2.43. The SMILES string of the molecule is O=C(C[C@@H]1NC(=O)c2ccccc2NC1=O)Nc1ccc2c(ccn2Cc2ccccc2)c1. The lowest BCUT2D eigenvalue weighted by Gasteiger charge is -2.14. The fraction of sp³-hybridized carbons (Fsp3) is 0.115. The maximum atomic E-state index is 12.7. The van der Waals surface area contributed by atoms with Crippen molar-refractivity contribution >= 4 is 40.0 Å². The molecule has 7 nitrogen and oxygen atoms in total. The Morgan fingerprint density at radius 2 is 1.73 bits per heavy atom. The average Bonchev–Trinajstić information content (AvgIpc) is 3.16. The first-order chi connectivity index (χ1) is 16.1. The van der Waals surface area contributed by atoms with Crippen LogP contribution in [0, 0.1) is 0 Å². The van der Waals surface area contributed by atoms with E-state index in [-0.39, 0.29) is 18.2 Å². The summed E-state index contributed by atoms with van der Waals surface area (Å²) in [6, 6.07) is 23.7. The van der Waals surface area contributed by atoms with E-state index in [0.717, 1.165) is 17.4 Å². The fourth-order valence-electron chi connectivity index (χ4n) is 4.05. The van der Waals surface area contributed by atoms with Gasteiger partial charge in [-0.25, -0.2) is 0 Å². The Hall–Kier alpha value is -4.39. The number of carbonyl (C=O) groups excluding carboxylic acids is 3. The zero-order valence-electron chi connectivity index (χ0n) is 17.7. The van der Waals surface area contributed by atoms with Gasteiger partial charge in [-0.05, 0) is 42.0 Å². The number of rotatable bonds is 5. The van der Waals surface area contributed by atoms with Gasteiger partial charge in [-0.3, -0.25) is 14.4 Å². The van der Waals surface area contributed by atoms with Crippen LogP contribution in [0.2, 0.25) is 0 Å². The van der Waals surface area contributed by atoms with Gasteiger partial charge in [0.1, 0.15) is 6.04 Å². The normalized spacial score (nSPS) is 15.3. The molecule has 0 aliphatic carbocycles. The third kappa shape index (κ3) is 4.34. The van der Waals surface area contributed by atoms with Crippen LogP contribution in [0.1, 0.15) is 22.3 Å². The highest BCUT2D eigenvalue weighted by atomic mass is 16.2. The van der Waals surface area contributed by atoms with Crippen molar-refractivity contribution in [2.75, 3.05) is 10.6 Å². The molecule has 1 aliphatic rings. The number of benzene rings is 3. The van der Waals surface area contributed by atoms with Crippen molar-refractivity contribution in [1.29, 1.82) is 0 Å². The molecule has 0 radical (unpaired) electrons. The van der Waals surface area contributed by atoms with Crippen LogP contribution in [0.25, 0.3) is 10.9 Å². The van der Waals surface area contributed by atoms with Crippen molar-refractivity contribution in [1.82, 2.24) is 9.88 Å². The molecule has 5 rings (SSSR count).